The van der Waals surface area contributed by atoms with Gasteiger partial charge in [0.15, 0.2) is 20.4 Å². The molecule has 0 aromatic heterocycles. The Kier molecular flexibility index (Phi) is 15.1. The van der Waals surface area contributed by atoms with Crippen LogP contribution in [0.2, 0.25) is 18.1 Å². The van der Waals surface area contributed by atoms with E-state index in [-0.39, 0.29) is 46.8 Å². The van der Waals surface area contributed by atoms with Crippen LogP contribution in [0.3, 0.4) is 0 Å². The van der Waals surface area contributed by atoms with Gasteiger partial charge in [0.05, 0.1) is 6.10 Å². The van der Waals surface area contributed by atoms with Gasteiger partial charge in [-0.15, -0.1) is 11.6 Å². The molecule has 6 atom stereocenters. The van der Waals surface area contributed by atoms with Crippen LogP contribution in [0.1, 0.15) is 98.3 Å². The molecular weight excluding hydrogens is 544 g/mol. The quantitative estimate of drug-likeness (QED) is 0.0596. The zero-order valence-electron chi connectivity index (χ0n) is 25.8. The normalized spacial score (nSPS) is 27.0. The molecule has 0 bridgehead atoms. The second-order valence-electron chi connectivity index (χ2n) is 13.4. The van der Waals surface area contributed by atoms with Crippen LogP contribution in [0.15, 0.2) is 24.3 Å². The molecule has 0 radical (unpaired) electrons. The summed E-state index contributed by atoms with van der Waals surface area (Å²) in [5.74, 6) is 0.00249. The van der Waals surface area contributed by atoms with E-state index in [4.69, 9.17) is 30.6 Å². The van der Waals surface area contributed by atoms with Crippen LogP contribution in [0.25, 0.3) is 0 Å². The van der Waals surface area contributed by atoms with Gasteiger partial charge in [0.1, 0.15) is 0 Å². The van der Waals surface area contributed by atoms with Crippen molar-refractivity contribution in [2.45, 2.75) is 134 Å². The molecule has 1 unspecified atom stereocenters. The van der Waals surface area contributed by atoms with Crippen molar-refractivity contribution in [3.8, 4) is 0 Å². The summed E-state index contributed by atoms with van der Waals surface area (Å²) in [6.07, 6.45) is 16.1. The Morgan fingerprint density at radius 1 is 1.15 bits per heavy atom. The lowest BCUT2D eigenvalue weighted by atomic mass is 9.90. The Morgan fingerprint density at radius 2 is 1.90 bits per heavy atom. The number of hydrogen-bond acceptors (Lipinski definition) is 5. The van der Waals surface area contributed by atoms with Crippen LogP contribution in [0.4, 0.5) is 0 Å². The number of carbonyl (C=O) groups is 2. The molecule has 1 saturated heterocycles. The second kappa shape index (κ2) is 17.2. The lowest BCUT2D eigenvalue weighted by Crippen LogP contribution is -2.41. The second-order valence-corrected chi connectivity index (χ2v) is 18.7. The van der Waals surface area contributed by atoms with Crippen molar-refractivity contribution in [1.29, 1.82) is 0 Å². The molecule has 1 N–H and O–H groups in total. The number of carboxylic acids is 1. The predicted molar refractivity (Wildman–Crippen MR) is 165 cm³/mol. The standard InChI is InChI=1S/C32H55ClO6Si/c1-24(23-38-40(5,6)32(2,3)4)14-13-15-25(34)19-20-27-26(16-9-7-8-10-17-30(35)36)28(33)22-29(27)39-31-18-11-12-21-37-31/h7,9,19-20,24,26-29,31H,8,10-18,21-23H2,1-6H3,(H,35,36)/b9-7+,20-19+/t24-,26-,27-,28-,29-,31?/m1/s1. The number of aliphatic carboxylic acids is 1. The number of ketones is 1. The van der Waals surface area contributed by atoms with Crippen LogP contribution >= 0.6 is 11.6 Å². The number of allylic oxidation sites excluding steroid dienone is 3. The van der Waals surface area contributed by atoms with E-state index in [2.05, 4.69) is 46.9 Å². The fourth-order valence-corrected chi connectivity index (χ4v) is 6.70. The highest BCUT2D eigenvalue weighted by Gasteiger charge is 2.42. The molecule has 40 heavy (non-hydrogen) atoms. The van der Waals surface area contributed by atoms with Crippen molar-refractivity contribution in [1.82, 2.24) is 0 Å². The first-order valence-electron chi connectivity index (χ1n) is 15.4. The van der Waals surface area contributed by atoms with E-state index in [1.165, 1.54) is 0 Å². The summed E-state index contributed by atoms with van der Waals surface area (Å²) in [5.41, 5.74) is 0. The zero-order chi connectivity index (χ0) is 29.8. The van der Waals surface area contributed by atoms with E-state index in [0.29, 0.717) is 18.8 Å². The third-order valence-electron chi connectivity index (χ3n) is 8.81. The summed E-state index contributed by atoms with van der Waals surface area (Å²) in [4.78, 5) is 23.6. The van der Waals surface area contributed by atoms with Crippen molar-refractivity contribution >= 4 is 31.7 Å². The van der Waals surface area contributed by atoms with Crippen LogP contribution in [0.5, 0.6) is 0 Å². The van der Waals surface area contributed by atoms with Gasteiger partial charge >= 0.3 is 5.97 Å². The van der Waals surface area contributed by atoms with Gasteiger partial charge in [0, 0.05) is 37.4 Å². The van der Waals surface area contributed by atoms with Gasteiger partial charge in [0.2, 0.25) is 0 Å². The van der Waals surface area contributed by atoms with Crippen molar-refractivity contribution in [3.63, 3.8) is 0 Å². The number of alkyl halides is 1. The Morgan fingerprint density at radius 3 is 2.55 bits per heavy atom. The highest BCUT2D eigenvalue weighted by Crippen LogP contribution is 2.42. The summed E-state index contributed by atoms with van der Waals surface area (Å²) in [5, 5.41) is 8.99. The molecular formula is C32H55ClO6Si. The van der Waals surface area contributed by atoms with Crippen molar-refractivity contribution in [2.24, 2.45) is 17.8 Å². The third-order valence-corrected chi connectivity index (χ3v) is 13.8. The number of ether oxygens (including phenoxy) is 2. The van der Waals surface area contributed by atoms with E-state index < -0.39 is 14.3 Å². The Balaban J connectivity index is 1.91. The fraction of sp³-hybridized carbons (Fsp3) is 0.812. The lowest BCUT2D eigenvalue weighted by Gasteiger charge is -2.37. The zero-order valence-corrected chi connectivity index (χ0v) is 27.6. The smallest absolute Gasteiger partial charge is 0.303 e. The predicted octanol–water partition coefficient (Wildman–Crippen LogP) is 8.30. The molecule has 6 nitrogen and oxygen atoms in total. The highest BCUT2D eigenvalue weighted by atomic mass is 35.5. The van der Waals surface area contributed by atoms with Crippen LogP contribution in [-0.2, 0) is 23.5 Å². The third kappa shape index (κ3) is 12.5. The Labute approximate surface area is 249 Å². The number of carboxylic acid groups (broad SMARTS) is 1. The molecule has 0 aromatic carbocycles. The molecule has 0 amide bonds. The number of unbranched alkanes of at least 4 members (excludes halogenated alkanes) is 1. The molecule has 1 saturated carbocycles. The van der Waals surface area contributed by atoms with E-state index in [1.54, 1.807) is 6.08 Å². The lowest BCUT2D eigenvalue weighted by molar-refractivity contribution is -0.192. The van der Waals surface area contributed by atoms with Gasteiger partial charge < -0.3 is 19.0 Å². The Hall–Kier alpha value is -0.993. The fourth-order valence-electron chi connectivity index (χ4n) is 5.12. The number of carbonyl (C=O) groups excluding carboxylic acids is 1. The topological polar surface area (TPSA) is 82.1 Å². The molecule has 2 rings (SSSR count). The summed E-state index contributed by atoms with van der Waals surface area (Å²) in [6, 6.07) is 0. The molecule has 2 aliphatic rings. The molecule has 1 aliphatic heterocycles. The first-order chi connectivity index (χ1) is 18.8. The van der Waals surface area contributed by atoms with Crippen molar-refractivity contribution in [2.75, 3.05) is 13.2 Å². The Bertz CT molecular complexity index is 830. The molecule has 2 fully saturated rings. The number of rotatable bonds is 17. The van der Waals surface area contributed by atoms with Crippen molar-refractivity contribution in [3.05, 3.63) is 24.3 Å². The first kappa shape index (κ1) is 35.2. The maximum atomic E-state index is 12.8. The monoisotopic (exact) mass is 598 g/mol. The van der Waals surface area contributed by atoms with Gasteiger partial charge in [-0.25, -0.2) is 0 Å². The number of halogens is 1. The minimum atomic E-state index is -1.75. The van der Waals surface area contributed by atoms with E-state index in [0.717, 1.165) is 64.6 Å². The molecule has 1 aliphatic carbocycles. The first-order valence-corrected chi connectivity index (χ1v) is 18.8. The van der Waals surface area contributed by atoms with Gasteiger partial charge in [-0.3, -0.25) is 9.59 Å². The van der Waals surface area contributed by atoms with Crippen LogP contribution < -0.4 is 0 Å². The summed E-state index contributed by atoms with van der Waals surface area (Å²) >= 11 is 6.83. The minimum Gasteiger partial charge on any atom is -0.481 e. The molecule has 1 heterocycles. The van der Waals surface area contributed by atoms with Crippen molar-refractivity contribution < 1.29 is 28.6 Å². The maximum Gasteiger partial charge on any atom is 0.303 e. The average molecular weight is 599 g/mol. The number of hydrogen-bond donors (Lipinski definition) is 1. The molecule has 0 aromatic rings. The van der Waals surface area contributed by atoms with Gasteiger partial charge in [-0.1, -0.05) is 45.9 Å². The summed E-state index contributed by atoms with van der Waals surface area (Å²) < 4.78 is 18.6. The maximum absolute atomic E-state index is 12.8. The van der Waals surface area contributed by atoms with Gasteiger partial charge in [-0.05, 0) is 93.8 Å². The average Bonchev–Trinajstić information content (AvgIpc) is 3.16. The van der Waals surface area contributed by atoms with E-state index >= 15 is 0 Å². The SMILES string of the molecule is C[C@H](CCCC(=O)/C=C/[C@@H]1[C@@H](C/C=C/CCCC(=O)O)[C@H](Cl)C[C@H]1OC1CCCCO1)CO[Si](C)(C)C(C)(C)C. The van der Waals surface area contributed by atoms with E-state index in [9.17, 15) is 9.59 Å². The minimum absolute atomic E-state index is 0.0394. The van der Waals surface area contributed by atoms with E-state index in [1.807, 2.05) is 12.2 Å². The summed E-state index contributed by atoms with van der Waals surface area (Å²) in [7, 11) is -1.75. The van der Waals surface area contributed by atoms with Gasteiger partial charge in [-0.2, -0.15) is 0 Å². The molecule has 230 valence electrons. The molecule has 8 heteroatoms. The highest BCUT2D eigenvalue weighted by molar-refractivity contribution is 6.74. The van der Waals surface area contributed by atoms with Crippen LogP contribution in [-0.4, -0.2) is 56.2 Å². The molecule has 0 spiro atoms. The largest absolute Gasteiger partial charge is 0.481 e. The summed E-state index contributed by atoms with van der Waals surface area (Å²) in [6.45, 7) is 15.0. The van der Waals surface area contributed by atoms with Gasteiger partial charge in [0.25, 0.3) is 0 Å². The van der Waals surface area contributed by atoms with Crippen LogP contribution in [0, 0.1) is 17.8 Å².